The first-order valence-electron chi connectivity index (χ1n) is 11.0. The SMILES string of the molecule is COc1cccc(CC2CCCN2C(=O)CSc2nnc(C)n2-c2cc(C)ccc2C)c1. The average Bonchev–Trinajstić information content (AvgIpc) is 3.40. The summed E-state index contributed by atoms with van der Waals surface area (Å²) in [5, 5.41) is 9.40. The lowest BCUT2D eigenvalue weighted by molar-refractivity contribution is -0.129. The van der Waals surface area contributed by atoms with Gasteiger partial charge in [0, 0.05) is 12.6 Å². The highest BCUT2D eigenvalue weighted by Gasteiger charge is 2.29. The van der Waals surface area contributed by atoms with Crippen LogP contribution in [0.3, 0.4) is 0 Å². The second-order valence-corrected chi connectivity index (χ2v) is 9.33. The lowest BCUT2D eigenvalue weighted by Gasteiger charge is -2.25. The molecule has 0 spiro atoms. The van der Waals surface area contributed by atoms with Gasteiger partial charge in [0.15, 0.2) is 5.16 Å². The predicted molar refractivity (Wildman–Crippen MR) is 128 cm³/mol. The molecule has 0 radical (unpaired) electrons. The summed E-state index contributed by atoms with van der Waals surface area (Å²) in [6, 6.07) is 14.7. The molecule has 6 nitrogen and oxygen atoms in total. The van der Waals surface area contributed by atoms with Crippen molar-refractivity contribution in [2.75, 3.05) is 19.4 Å². The largest absolute Gasteiger partial charge is 0.497 e. The van der Waals surface area contributed by atoms with Crippen LogP contribution >= 0.6 is 11.8 Å². The number of carbonyl (C=O) groups is 1. The van der Waals surface area contributed by atoms with E-state index in [0.717, 1.165) is 53.8 Å². The Morgan fingerprint density at radius 1 is 1.16 bits per heavy atom. The van der Waals surface area contributed by atoms with E-state index in [1.807, 2.05) is 24.0 Å². The number of rotatable bonds is 7. The van der Waals surface area contributed by atoms with E-state index >= 15 is 0 Å². The molecule has 3 aromatic rings. The van der Waals surface area contributed by atoms with Crippen LogP contribution in [0.25, 0.3) is 5.69 Å². The van der Waals surface area contributed by atoms with Gasteiger partial charge < -0.3 is 9.64 Å². The number of ether oxygens (including phenoxy) is 1. The minimum atomic E-state index is 0.161. The molecular formula is C25H30N4O2S. The van der Waals surface area contributed by atoms with Crippen molar-refractivity contribution >= 4 is 17.7 Å². The van der Waals surface area contributed by atoms with E-state index in [1.165, 1.54) is 22.9 Å². The number of benzene rings is 2. The molecule has 4 rings (SSSR count). The Balaban J connectivity index is 1.45. The van der Waals surface area contributed by atoms with Crippen molar-refractivity contribution in [3.63, 3.8) is 0 Å². The predicted octanol–water partition coefficient (Wildman–Crippen LogP) is 4.53. The normalized spacial score (nSPS) is 15.9. The molecule has 32 heavy (non-hydrogen) atoms. The van der Waals surface area contributed by atoms with Gasteiger partial charge >= 0.3 is 0 Å². The Labute approximate surface area is 194 Å². The molecule has 1 fully saturated rings. The summed E-state index contributed by atoms with van der Waals surface area (Å²) >= 11 is 1.46. The Hall–Kier alpha value is -2.80. The molecule has 1 amide bonds. The van der Waals surface area contributed by atoms with Crippen molar-refractivity contribution in [3.8, 4) is 11.4 Å². The fraction of sp³-hybridized carbons (Fsp3) is 0.400. The van der Waals surface area contributed by atoms with Gasteiger partial charge in [0.05, 0.1) is 18.6 Å². The Morgan fingerprint density at radius 3 is 2.81 bits per heavy atom. The fourth-order valence-electron chi connectivity index (χ4n) is 4.33. The highest BCUT2D eigenvalue weighted by molar-refractivity contribution is 7.99. The highest BCUT2D eigenvalue weighted by Crippen LogP contribution is 2.27. The monoisotopic (exact) mass is 450 g/mol. The van der Waals surface area contributed by atoms with E-state index in [-0.39, 0.29) is 11.9 Å². The standard InChI is InChI=1S/C25H30N4O2S/c1-17-10-11-18(2)23(13-17)29-19(3)26-27-25(29)32-16-24(30)28-12-6-8-21(28)14-20-7-5-9-22(15-20)31-4/h5,7,9-11,13,15,21H,6,8,12,14,16H2,1-4H3. The molecular weight excluding hydrogens is 420 g/mol. The zero-order valence-corrected chi connectivity index (χ0v) is 20.0. The molecule has 0 saturated carbocycles. The molecule has 1 atom stereocenters. The number of carbonyl (C=O) groups excluding carboxylic acids is 1. The van der Waals surface area contributed by atoms with Gasteiger partial charge in [0.2, 0.25) is 5.91 Å². The lowest BCUT2D eigenvalue weighted by Crippen LogP contribution is -2.38. The second kappa shape index (κ2) is 9.77. The van der Waals surface area contributed by atoms with Crippen LogP contribution in [0.5, 0.6) is 5.75 Å². The summed E-state index contributed by atoms with van der Waals surface area (Å²) < 4.78 is 7.40. The molecule has 2 heterocycles. The average molecular weight is 451 g/mol. The van der Waals surface area contributed by atoms with Gasteiger partial charge in [-0.25, -0.2) is 0 Å². The van der Waals surface area contributed by atoms with Crippen LogP contribution < -0.4 is 4.74 Å². The summed E-state index contributed by atoms with van der Waals surface area (Å²) in [5.74, 6) is 2.20. The number of thioether (sulfide) groups is 1. The summed E-state index contributed by atoms with van der Waals surface area (Å²) in [6.45, 7) is 6.93. The third-order valence-corrected chi connectivity index (χ3v) is 6.94. The van der Waals surface area contributed by atoms with Gasteiger partial charge in [-0.2, -0.15) is 0 Å². The number of aromatic nitrogens is 3. The van der Waals surface area contributed by atoms with Crippen LogP contribution in [0.1, 0.15) is 35.4 Å². The minimum Gasteiger partial charge on any atom is -0.497 e. The molecule has 1 unspecified atom stereocenters. The first-order chi connectivity index (χ1) is 15.5. The van der Waals surface area contributed by atoms with E-state index in [0.29, 0.717) is 5.75 Å². The Bertz CT molecular complexity index is 1110. The highest BCUT2D eigenvalue weighted by atomic mass is 32.2. The van der Waals surface area contributed by atoms with Crippen LogP contribution in [0.4, 0.5) is 0 Å². The van der Waals surface area contributed by atoms with Gasteiger partial charge in [0.1, 0.15) is 11.6 Å². The number of likely N-dealkylation sites (tertiary alicyclic amines) is 1. The molecule has 0 N–H and O–H groups in total. The molecule has 168 valence electrons. The summed E-state index contributed by atoms with van der Waals surface area (Å²) in [4.78, 5) is 15.2. The van der Waals surface area contributed by atoms with E-state index in [4.69, 9.17) is 4.74 Å². The fourth-order valence-corrected chi connectivity index (χ4v) is 5.21. The minimum absolute atomic E-state index is 0.161. The summed E-state index contributed by atoms with van der Waals surface area (Å²) in [6.07, 6.45) is 2.93. The smallest absolute Gasteiger partial charge is 0.233 e. The number of methoxy groups -OCH3 is 1. The van der Waals surface area contributed by atoms with Gasteiger partial charge in [-0.3, -0.25) is 9.36 Å². The number of hydrogen-bond acceptors (Lipinski definition) is 5. The second-order valence-electron chi connectivity index (χ2n) is 8.38. The zero-order valence-electron chi connectivity index (χ0n) is 19.2. The first kappa shape index (κ1) is 22.4. The van der Waals surface area contributed by atoms with Crippen molar-refractivity contribution in [3.05, 3.63) is 65.0 Å². The third kappa shape index (κ3) is 4.83. The van der Waals surface area contributed by atoms with E-state index in [1.54, 1.807) is 7.11 Å². The first-order valence-corrected chi connectivity index (χ1v) is 12.0. The van der Waals surface area contributed by atoms with Crippen molar-refractivity contribution in [1.82, 2.24) is 19.7 Å². The molecule has 1 saturated heterocycles. The summed E-state index contributed by atoms with van der Waals surface area (Å²) in [7, 11) is 1.68. The lowest BCUT2D eigenvalue weighted by atomic mass is 10.0. The molecule has 2 aromatic carbocycles. The van der Waals surface area contributed by atoms with E-state index in [9.17, 15) is 4.79 Å². The number of aryl methyl sites for hydroxylation is 3. The maximum Gasteiger partial charge on any atom is 0.233 e. The van der Waals surface area contributed by atoms with Crippen molar-refractivity contribution < 1.29 is 9.53 Å². The van der Waals surface area contributed by atoms with Gasteiger partial charge in [-0.1, -0.05) is 36.0 Å². The van der Waals surface area contributed by atoms with Gasteiger partial charge in [-0.05, 0) is 74.9 Å². The van der Waals surface area contributed by atoms with Crippen LogP contribution in [0.15, 0.2) is 47.6 Å². The number of hydrogen-bond donors (Lipinski definition) is 0. The maximum absolute atomic E-state index is 13.1. The Morgan fingerprint density at radius 2 is 2.00 bits per heavy atom. The quantitative estimate of drug-likeness (QED) is 0.495. The molecule has 0 aliphatic carbocycles. The molecule has 1 aliphatic heterocycles. The molecule has 1 aromatic heterocycles. The molecule has 1 aliphatic rings. The molecule has 7 heteroatoms. The van der Waals surface area contributed by atoms with Crippen LogP contribution in [-0.2, 0) is 11.2 Å². The van der Waals surface area contributed by atoms with Crippen molar-refractivity contribution in [2.45, 2.75) is 51.2 Å². The van der Waals surface area contributed by atoms with E-state index < -0.39 is 0 Å². The molecule has 0 bridgehead atoms. The van der Waals surface area contributed by atoms with Gasteiger partial charge in [-0.15, -0.1) is 10.2 Å². The van der Waals surface area contributed by atoms with E-state index in [2.05, 4.69) is 58.9 Å². The number of amides is 1. The van der Waals surface area contributed by atoms with Crippen LogP contribution in [0.2, 0.25) is 0 Å². The summed E-state index contributed by atoms with van der Waals surface area (Å²) in [5.41, 5.74) is 4.61. The maximum atomic E-state index is 13.1. The topological polar surface area (TPSA) is 60.2 Å². The Kier molecular flexibility index (Phi) is 6.84. The van der Waals surface area contributed by atoms with Crippen molar-refractivity contribution in [1.29, 1.82) is 0 Å². The van der Waals surface area contributed by atoms with Crippen LogP contribution in [0, 0.1) is 20.8 Å². The van der Waals surface area contributed by atoms with Crippen LogP contribution in [-0.4, -0.2) is 51.0 Å². The zero-order chi connectivity index (χ0) is 22.7. The number of nitrogens with zero attached hydrogens (tertiary/aromatic N) is 4. The van der Waals surface area contributed by atoms with Crippen molar-refractivity contribution in [2.24, 2.45) is 0 Å². The third-order valence-electron chi connectivity index (χ3n) is 6.03. The van der Waals surface area contributed by atoms with Gasteiger partial charge in [0.25, 0.3) is 0 Å².